The van der Waals surface area contributed by atoms with Crippen LogP contribution < -0.4 is 4.74 Å². The molecule has 0 spiro atoms. The van der Waals surface area contributed by atoms with Crippen molar-refractivity contribution in [3.8, 4) is 5.75 Å². The van der Waals surface area contributed by atoms with E-state index < -0.39 is 22.0 Å². The molecule has 1 aliphatic rings. The largest absolute Gasteiger partial charge is 0.492 e. The van der Waals surface area contributed by atoms with Crippen LogP contribution in [0.2, 0.25) is 0 Å². The first kappa shape index (κ1) is 14.8. The Balaban J connectivity index is 1.92. The number of benzene rings is 1. The highest BCUT2D eigenvalue weighted by Crippen LogP contribution is 2.21. The minimum atomic E-state index is -3.60. The first-order chi connectivity index (χ1) is 9.50. The number of para-hydroxylation sites is 1. The maximum absolute atomic E-state index is 12.1. The van der Waals surface area contributed by atoms with Gasteiger partial charge in [0.1, 0.15) is 18.4 Å². The molecule has 0 radical (unpaired) electrons. The lowest BCUT2D eigenvalue weighted by molar-refractivity contribution is -0.140. The predicted octanol–water partition coefficient (Wildman–Crippen LogP) is 0.944. The van der Waals surface area contributed by atoms with Crippen LogP contribution in [0.4, 0.5) is 0 Å². The molecular formula is C13H17NO5S. The lowest BCUT2D eigenvalue weighted by atomic mass is 10.2. The van der Waals surface area contributed by atoms with Gasteiger partial charge in [-0.25, -0.2) is 8.42 Å². The Morgan fingerprint density at radius 3 is 2.70 bits per heavy atom. The molecular weight excluding hydrogens is 282 g/mol. The number of nitrogens with zero attached hydrogens (tertiary/aromatic N) is 1. The topological polar surface area (TPSA) is 83.9 Å². The van der Waals surface area contributed by atoms with E-state index in [2.05, 4.69) is 0 Å². The molecule has 7 heteroatoms. The highest BCUT2D eigenvalue weighted by atomic mass is 32.2. The van der Waals surface area contributed by atoms with Gasteiger partial charge in [-0.3, -0.25) is 4.79 Å². The van der Waals surface area contributed by atoms with Gasteiger partial charge in [-0.15, -0.1) is 0 Å². The van der Waals surface area contributed by atoms with Crippen LogP contribution in [-0.4, -0.2) is 48.7 Å². The summed E-state index contributed by atoms with van der Waals surface area (Å²) in [5.41, 5.74) is 0. The van der Waals surface area contributed by atoms with Crippen molar-refractivity contribution in [3.63, 3.8) is 0 Å². The smallest absolute Gasteiger partial charge is 0.322 e. The Morgan fingerprint density at radius 2 is 2.05 bits per heavy atom. The van der Waals surface area contributed by atoms with Crippen LogP contribution >= 0.6 is 0 Å². The number of hydrogen-bond acceptors (Lipinski definition) is 4. The summed E-state index contributed by atoms with van der Waals surface area (Å²) in [5.74, 6) is -0.708. The van der Waals surface area contributed by atoms with Crippen LogP contribution in [0.5, 0.6) is 5.75 Å². The first-order valence-corrected chi connectivity index (χ1v) is 8.02. The molecule has 0 aromatic heterocycles. The van der Waals surface area contributed by atoms with Crippen LogP contribution in [0, 0.1) is 0 Å². The summed E-state index contributed by atoms with van der Waals surface area (Å²) >= 11 is 0. The Morgan fingerprint density at radius 1 is 1.35 bits per heavy atom. The van der Waals surface area contributed by atoms with Crippen LogP contribution in [0.15, 0.2) is 30.3 Å². The fraction of sp³-hybridized carbons (Fsp3) is 0.462. The molecule has 0 bridgehead atoms. The van der Waals surface area contributed by atoms with Crippen molar-refractivity contribution in [2.45, 2.75) is 18.9 Å². The van der Waals surface area contributed by atoms with Gasteiger partial charge in [-0.1, -0.05) is 18.2 Å². The van der Waals surface area contributed by atoms with E-state index in [-0.39, 0.29) is 18.9 Å². The van der Waals surface area contributed by atoms with Gasteiger partial charge in [-0.05, 0) is 25.0 Å². The number of hydrogen-bond donors (Lipinski definition) is 1. The minimum absolute atomic E-state index is 0.00911. The quantitative estimate of drug-likeness (QED) is 0.845. The SMILES string of the molecule is O=C(O)[C@@H]1CCCN1S(=O)(=O)CCOc1ccccc1. The molecule has 20 heavy (non-hydrogen) atoms. The molecule has 0 amide bonds. The van der Waals surface area contributed by atoms with Crippen molar-refractivity contribution >= 4 is 16.0 Å². The number of ether oxygens (including phenoxy) is 1. The minimum Gasteiger partial charge on any atom is -0.492 e. The van der Waals surface area contributed by atoms with E-state index in [1.54, 1.807) is 24.3 Å². The Bertz CT molecular complexity index is 557. The van der Waals surface area contributed by atoms with E-state index in [9.17, 15) is 13.2 Å². The monoisotopic (exact) mass is 299 g/mol. The molecule has 1 fully saturated rings. The summed E-state index contributed by atoms with van der Waals surface area (Å²) in [7, 11) is -3.60. The zero-order valence-electron chi connectivity index (χ0n) is 10.9. The third-order valence-corrected chi connectivity index (χ3v) is 5.03. The maximum Gasteiger partial charge on any atom is 0.322 e. The number of rotatable bonds is 6. The second kappa shape index (κ2) is 6.23. The maximum atomic E-state index is 12.1. The third kappa shape index (κ3) is 3.49. The van der Waals surface area contributed by atoms with E-state index in [1.165, 1.54) is 0 Å². The molecule has 6 nitrogen and oxygen atoms in total. The summed E-state index contributed by atoms with van der Waals surface area (Å²) in [6, 6.07) is 7.98. The molecule has 1 atom stereocenters. The Kier molecular flexibility index (Phi) is 4.61. The molecule has 0 saturated carbocycles. The molecule has 110 valence electrons. The van der Waals surface area contributed by atoms with Crippen molar-refractivity contribution in [3.05, 3.63) is 30.3 Å². The highest BCUT2D eigenvalue weighted by molar-refractivity contribution is 7.89. The van der Waals surface area contributed by atoms with Crippen molar-refractivity contribution in [2.24, 2.45) is 0 Å². The summed E-state index contributed by atoms with van der Waals surface area (Å²) < 4.78 is 30.7. The van der Waals surface area contributed by atoms with Crippen LogP contribution in [0.1, 0.15) is 12.8 Å². The molecule has 1 N–H and O–H groups in total. The molecule has 1 aliphatic heterocycles. The second-order valence-electron chi connectivity index (χ2n) is 4.58. The van der Waals surface area contributed by atoms with Gasteiger partial charge in [0.05, 0.1) is 5.75 Å². The average molecular weight is 299 g/mol. The zero-order valence-corrected chi connectivity index (χ0v) is 11.8. The zero-order chi connectivity index (χ0) is 14.6. The average Bonchev–Trinajstić information content (AvgIpc) is 2.90. The van der Waals surface area contributed by atoms with Crippen molar-refractivity contribution in [1.29, 1.82) is 0 Å². The van der Waals surface area contributed by atoms with Gasteiger partial charge in [-0.2, -0.15) is 4.31 Å². The molecule has 0 unspecified atom stereocenters. The summed E-state index contributed by atoms with van der Waals surface area (Å²) in [4.78, 5) is 11.0. The normalized spacial score (nSPS) is 19.9. The third-order valence-electron chi connectivity index (χ3n) is 3.20. The fourth-order valence-electron chi connectivity index (χ4n) is 2.22. The van der Waals surface area contributed by atoms with Crippen molar-refractivity contribution in [2.75, 3.05) is 18.9 Å². The number of carboxylic acids is 1. The summed E-state index contributed by atoms with van der Waals surface area (Å²) in [6.45, 7) is 0.278. The molecule has 1 saturated heterocycles. The lowest BCUT2D eigenvalue weighted by Crippen LogP contribution is -2.42. The van der Waals surface area contributed by atoms with Crippen LogP contribution in [0.3, 0.4) is 0 Å². The Hall–Kier alpha value is -1.60. The fourth-order valence-corrected chi connectivity index (χ4v) is 3.74. The Labute approximate surface area is 118 Å². The number of carboxylic acid groups (broad SMARTS) is 1. The van der Waals surface area contributed by atoms with Crippen LogP contribution in [0.25, 0.3) is 0 Å². The number of sulfonamides is 1. The number of carbonyl (C=O) groups is 1. The van der Waals surface area contributed by atoms with E-state index in [1.807, 2.05) is 6.07 Å². The summed E-state index contributed by atoms with van der Waals surface area (Å²) in [6.07, 6.45) is 0.948. The van der Waals surface area contributed by atoms with Gasteiger partial charge in [0, 0.05) is 6.54 Å². The predicted molar refractivity (Wildman–Crippen MR) is 73.1 cm³/mol. The molecule has 0 aliphatic carbocycles. The highest BCUT2D eigenvalue weighted by Gasteiger charge is 2.38. The first-order valence-electron chi connectivity index (χ1n) is 6.41. The summed E-state index contributed by atoms with van der Waals surface area (Å²) in [5, 5.41) is 9.01. The van der Waals surface area contributed by atoms with Gasteiger partial charge in [0.25, 0.3) is 0 Å². The van der Waals surface area contributed by atoms with E-state index in [0.29, 0.717) is 18.6 Å². The second-order valence-corrected chi connectivity index (χ2v) is 6.63. The van der Waals surface area contributed by atoms with Gasteiger partial charge in [0.2, 0.25) is 10.0 Å². The number of aliphatic carboxylic acids is 1. The molecule has 1 heterocycles. The van der Waals surface area contributed by atoms with E-state index >= 15 is 0 Å². The molecule has 1 aromatic rings. The van der Waals surface area contributed by atoms with Gasteiger partial charge < -0.3 is 9.84 Å². The van der Waals surface area contributed by atoms with Gasteiger partial charge in [0.15, 0.2) is 0 Å². The van der Waals surface area contributed by atoms with Crippen molar-refractivity contribution in [1.82, 2.24) is 4.31 Å². The van der Waals surface area contributed by atoms with E-state index in [4.69, 9.17) is 9.84 Å². The van der Waals surface area contributed by atoms with E-state index in [0.717, 1.165) is 4.31 Å². The van der Waals surface area contributed by atoms with Crippen molar-refractivity contribution < 1.29 is 23.1 Å². The standard InChI is InChI=1S/C13H17NO5S/c15-13(16)12-7-4-8-14(12)20(17,18)10-9-19-11-5-2-1-3-6-11/h1-3,5-6,12H,4,7-10H2,(H,15,16)/t12-/m0/s1. The van der Waals surface area contributed by atoms with Crippen LogP contribution in [-0.2, 0) is 14.8 Å². The van der Waals surface area contributed by atoms with Gasteiger partial charge >= 0.3 is 5.97 Å². The molecule has 1 aromatic carbocycles. The molecule has 2 rings (SSSR count). The lowest BCUT2D eigenvalue weighted by Gasteiger charge is -2.20.